The van der Waals surface area contributed by atoms with Gasteiger partial charge in [0.2, 0.25) is 0 Å². The lowest BCUT2D eigenvalue weighted by atomic mass is 9.94. The number of thioether (sulfide) groups is 2. The van der Waals surface area contributed by atoms with Crippen LogP contribution in [0.15, 0.2) is 4.99 Å². The Hall–Kier alpha value is -1.36. The normalized spacial score (nSPS) is 11.9. The molecule has 1 aromatic heterocycles. The molecule has 0 bridgehead atoms. The maximum absolute atomic E-state index is 13.6. The summed E-state index contributed by atoms with van der Waals surface area (Å²) in [5.41, 5.74) is -4.32. The van der Waals surface area contributed by atoms with E-state index in [1.165, 1.54) is 0 Å². The maximum atomic E-state index is 13.6. The molecule has 0 radical (unpaired) electrons. The highest BCUT2D eigenvalue weighted by Crippen LogP contribution is 2.42. The molecule has 0 spiro atoms. The van der Waals surface area contributed by atoms with Gasteiger partial charge in [0.1, 0.15) is 10.1 Å². The molecular weight excluding hydrogens is 411 g/mol. The SMILES string of the molecule is COC(=O)c1c(C(F)F)nc(C(F)(F)F)c(N=C(SC)SC)c1CC(C)C. The second-order valence-electron chi connectivity index (χ2n) is 5.72. The van der Waals surface area contributed by atoms with Crippen LogP contribution in [0, 0.1) is 5.92 Å². The number of aromatic nitrogens is 1. The van der Waals surface area contributed by atoms with Crippen molar-refractivity contribution in [3.8, 4) is 0 Å². The Bertz CT molecular complexity index is 716. The average Bonchev–Trinajstić information content (AvgIpc) is 2.57. The van der Waals surface area contributed by atoms with Crippen LogP contribution in [0.5, 0.6) is 0 Å². The molecule has 0 fully saturated rings. The molecule has 0 saturated heterocycles. The monoisotopic (exact) mass is 430 g/mol. The fraction of sp³-hybridized carbons (Fsp3) is 0.562. The summed E-state index contributed by atoms with van der Waals surface area (Å²) in [5.74, 6) is -1.41. The number of ether oxygens (including phenoxy) is 1. The zero-order chi connectivity index (χ0) is 20.9. The zero-order valence-electron chi connectivity index (χ0n) is 15.3. The highest BCUT2D eigenvalue weighted by atomic mass is 32.2. The molecule has 0 amide bonds. The molecule has 0 atom stereocenters. The first kappa shape index (κ1) is 23.7. The van der Waals surface area contributed by atoms with Crippen molar-refractivity contribution >= 4 is 39.6 Å². The average molecular weight is 430 g/mol. The summed E-state index contributed by atoms with van der Waals surface area (Å²) in [7, 11) is 0.965. The highest BCUT2D eigenvalue weighted by molar-refractivity contribution is 8.38. The van der Waals surface area contributed by atoms with Crippen LogP contribution in [-0.2, 0) is 17.3 Å². The van der Waals surface area contributed by atoms with Crippen molar-refractivity contribution in [1.82, 2.24) is 4.98 Å². The quantitative estimate of drug-likeness (QED) is 0.258. The van der Waals surface area contributed by atoms with Gasteiger partial charge in [-0.1, -0.05) is 13.8 Å². The van der Waals surface area contributed by atoms with Gasteiger partial charge in [0, 0.05) is 0 Å². The molecular formula is C16H19F5N2O2S2. The Morgan fingerprint density at radius 2 is 1.78 bits per heavy atom. The molecule has 4 nitrogen and oxygen atoms in total. The van der Waals surface area contributed by atoms with Gasteiger partial charge in [-0.15, -0.1) is 23.5 Å². The van der Waals surface area contributed by atoms with Gasteiger partial charge in [-0.2, -0.15) is 13.2 Å². The molecule has 1 aromatic rings. The molecule has 0 N–H and O–H groups in total. The van der Waals surface area contributed by atoms with Crippen LogP contribution in [0.2, 0.25) is 0 Å². The zero-order valence-corrected chi connectivity index (χ0v) is 16.9. The first-order valence-electron chi connectivity index (χ1n) is 7.64. The second-order valence-corrected chi connectivity index (χ2v) is 7.57. The Morgan fingerprint density at radius 3 is 2.15 bits per heavy atom. The van der Waals surface area contributed by atoms with Crippen LogP contribution in [-0.4, -0.2) is 35.0 Å². The first-order valence-corrected chi connectivity index (χ1v) is 10.1. The predicted molar refractivity (Wildman–Crippen MR) is 98.2 cm³/mol. The molecule has 0 saturated carbocycles. The van der Waals surface area contributed by atoms with Gasteiger partial charge in [-0.3, -0.25) is 0 Å². The summed E-state index contributed by atoms with van der Waals surface area (Å²) in [6.45, 7) is 3.38. The minimum Gasteiger partial charge on any atom is -0.465 e. The fourth-order valence-electron chi connectivity index (χ4n) is 2.32. The lowest BCUT2D eigenvalue weighted by Crippen LogP contribution is -2.19. The van der Waals surface area contributed by atoms with Crippen LogP contribution >= 0.6 is 23.5 Å². The third-order valence-corrected chi connectivity index (χ3v) is 5.21. The lowest BCUT2D eigenvalue weighted by molar-refractivity contribution is -0.140. The summed E-state index contributed by atoms with van der Waals surface area (Å²) in [5, 5.41) is 0. The topological polar surface area (TPSA) is 51.5 Å². The van der Waals surface area contributed by atoms with Gasteiger partial charge in [-0.25, -0.2) is 23.6 Å². The number of carbonyl (C=O) groups is 1. The van der Waals surface area contributed by atoms with Crippen LogP contribution in [0.1, 0.15) is 47.6 Å². The molecule has 0 unspecified atom stereocenters. The van der Waals surface area contributed by atoms with E-state index in [0.29, 0.717) is 0 Å². The summed E-state index contributed by atoms with van der Waals surface area (Å²) in [6, 6.07) is 0. The van der Waals surface area contributed by atoms with Crippen molar-refractivity contribution < 1.29 is 31.5 Å². The third kappa shape index (κ3) is 5.81. The number of methoxy groups -OCH3 is 1. The van der Waals surface area contributed by atoms with Crippen molar-refractivity contribution in [2.24, 2.45) is 10.9 Å². The summed E-state index contributed by atoms with van der Waals surface area (Å²) >= 11 is 2.19. The molecule has 152 valence electrons. The Morgan fingerprint density at radius 1 is 1.22 bits per heavy atom. The van der Waals surface area contributed by atoms with Crippen molar-refractivity contribution in [2.45, 2.75) is 32.9 Å². The van der Waals surface area contributed by atoms with Gasteiger partial charge in [0.15, 0.2) is 5.69 Å². The predicted octanol–water partition coefficient (Wildman–Crippen LogP) is 5.74. The lowest BCUT2D eigenvalue weighted by Gasteiger charge is -2.20. The molecule has 0 aliphatic heterocycles. The van der Waals surface area contributed by atoms with Crippen molar-refractivity contribution in [1.29, 1.82) is 0 Å². The number of hydrogen-bond donors (Lipinski definition) is 0. The number of esters is 1. The fourth-order valence-corrected chi connectivity index (χ4v) is 3.36. The number of hydrogen-bond acceptors (Lipinski definition) is 6. The third-order valence-electron chi connectivity index (χ3n) is 3.33. The van der Waals surface area contributed by atoms with E-state index in [4.69, 9.17) is 0 Å². The van der Waals surface area contributed by atoms with Crippen LogP contribution in [0.4, 0.5) is 27.6 Å². The molecule has 27 heavy (non-hydrogen) atoms. The summed E-state index contributed by atoms with van der Waals surface area (Å²) in [6.07, 6.45) is -5.25. The van der Waals surface area contributed by atoms with E-state index in [2.05, 4.69) is 14.7 Å². The van der Waals surface area contributed by atoms with Gasteiger partial charge in [0.05, 0.1) is 18.4 Å². The van der Waals surface area contributed by atoms with Crippen LogP contribution in [0.3, 0.4) is 0 Å². The Kier molecular flexibility index (Phi) is 8.52. The van der Waals surface area contributed by atoms with E-state index in [1.54, 1.807) is 26.4 Å². The number of pyridine rings is 1. The van der Waals surface area contributed by atoms with E-state index >= 15 is 0 Å². The van der Waals surface area contributed by atoms with Gasteiger partial charge < -0.3 is 4.74 Å². The summed E-state index contributed by atoms with van der Waals surface area (Å²) < 4.78 is 72.4. The number of alkyl halides is 5. The molecule has 11 heteroatoms. The summed E-state index contributed by atoms with van der Waals surface area (Å²) in [4.78, 5) is 19.2. The van der Waals surface area contributed by atoms with Gasteiger partial charge in [-0.05, 0) is 30.4 Å². The van der Waals surface area contributed by atoms with Gasteiger partial charge in [0.25, 0.3) is 6.43 Å². The first-order chi connectivity index (χ1) is 12.5. The van der Waals surface area contributed by atoms with Crippen LogP contribution in [0.25, 0.3) is 0 Å². The minimum atomic E-state index is -5.02. The second kappa shape index (κ2) is 9.72. The van der Waals surface area contributed by atoms with E-state index in [0.717, 1.165) is 30.6 Å². The van der Waals surface area contributed by atoms with E-state index in [9.17, 15) is 26.7 Å². The molecule has 0 aliphatic carbocycles. The van der Waals surface area contributed by atoms with Crippen molar-refractivity contribution in [2.75, 3.05) is 19.6 Å². The van der Waals surface area contributed by atoms with E-state index in [1.807, 2.05) is 0 Å². The molecule has 1 rings (SSSR count). The minimum absolute atomic E-state index is 0.0787. The van der Waals surface area contributed by atoms with Crippen LogP contribution < -0.4 is 0 Å². The largest absolute Gasteiger partial charge is 0.465 e. The number of nitrogens with zero attached hydrogens (tertiary/aromatic N) is 2. The number of rotatable bonds is 5. The van der Waals surface area contributed by atoms with Crippen molar-refractivity contribution in [3.05, 3.63) is 22.5 Å². The van der Waals surface area contributed by atoms with E-state index in [-0.39, 0.29) is 22.3 Å². The highest BCUT2D eigenvalue weighted by Gasteiger charge is 2.41. The Labute approximate surface area is 162 Å². The molecule has 0 aromatic carbocycles. The standard InChI is InChI=1S/C16H19F5N2O2S2/c1-7(2)6-8-9(14(24)25-3)11(13(17)18)22-12(16(19,20)21)10(8)23-15(26-4)27-5/h7,13H,6H2,1-5H3. The van der Waals surface area contributed by atoms with E-state index < -0.39 is 41.2 Å². The number of aliphatic imine (C=N–C) groups is 1. The Balaban J connectivity index is 4.09. The molecule has 1 heterocycles. The maximum Gasteiger partial charge on any atom is 0.435 e. The molecule has 0 aliphatic rings. The van der Waals surface area contributed by atoms with Crippen molar-refractivity contribution in [3.63, 3.8) is 0 Å². The van der Waals surface area contributed by atoms with Gasteiger partial charge >= 0.3 is 12.1 Å². The number of carbonyl (C=O) groups excluding carboxylic acids is 1. The number of halogens is 5. The smallest absolute Gasteiger partial charge is 0.435 e.